The molecule has 0 aliphatic carbocycles. The predicted molar refractivity (Wildman–Crippen MR) is 333 cm³/mol. The van der Waals surface area contributed by atoms with Crippen molar-refractivity contribution in [2.24, 2.45) is 10.8 Å². The Hall–Kier alpha value is -6.35. The van der Waals surface area contributed by atoms with Crippen molar-refractivity contribution in [2.75, 3.05) is 0 Å². The number of nitrogens with zero attached hydrogens (tertiary/aromatic N) is 3. The van der Waals surface area contributed by atoms with Gasteiger partial charge in [0.05, 0.1) is 25.0 Å². The molecule has 1 N–H and O–H groups in total. The van der Waals surface area contributed by atoms with Gasteiger partial charge in [-0.15, -0.1) is 29.3 Å². The molecule has 79 heavy (non-hydrogen) atoms. The van der Waals surface area contributed by atoms with Crippen LogP contribution >= 0.6 is 0 Å². The average molecular weight is 1230 g/mol. The summed E-state index contributed by atoms with van der Waals surface area (Å²) in [6.45, 7) is 37.0. The van der Waals surface area contributed by atoms with Crippen LogP contribution in [0.15, 0.2) is 152 Å². The molecule has 0 bridgehead atoms. The van der Waals surface area contributed by atoms with Crippen LogP contribution in [-0.2, 0) is 42.7 Å². The number of aromatic nitrogens is 3. The number of benzene rings is 7. The monoisotopic (exact) mass is 1230 g/mol. The Morgan fingerprint density at radius 1 is 0.519 bits per heavy atom. The van der Waals surface area contributed by atoms with E-state index in [4.69, 9.17) is 14.1 Å². The first-order chi connectivity index (χ1) is 38.3. The number of pyridine rings is 1. The minimum Gasteiger partial charge on any atom is -0.507 e. The van der Waals surface area contributed by atoms with Crippen LogP contribution in [0, 0.1) is 23.7 Å². The Morgan fingerprint density at radius 3 is 1.73 bits per heavy atom. The van der Waals surface area contributed by atoms with Crippen LogP contribution < -0.4 is 0 Å². The number of hydrogen-bond acceptors (Lipinski definition) is 3. The first-order valence-corrected chi connectivity index (χ1v) is 27.7. The zero-order valence-corrected chi connectivity index (χ0v) is 52.2. The summed E-state index contributed by atoms with van der Waals surface area (Å²) in [5, 5.41) is 12.7. The van der Waals surface area contributed by atoms with Crippen molar-refractivity contribution in [1.82, 2.24) is 14.5 Å². The Kier molecular flexibility index (Phi) is 14.0. The van der Waals surface area contributed by atoms with E-state index in [-0.39, 0.29) is 82.9 Å². The van der Waals surface area contributed by atoms with Crippen LogP contribution in [0.4, 0.5) is 0 Å². The second kappa shape index (κ2) is 21.3. The van der Waals surface area contributed by atoms with E-state index in [1.165, 1.54) is 5.56 Å². The first kappa shape index (κ1) is 52.0. The molecule has 0 radical (unpaired) electrons. The smallest absolute Gasteiger partial charge is 0.148 e. The molecule has 0 aliphatic heterocycles. The van der Waals surface area contributed by atoms with Crippen molar-refractivity contribution in [3.8, 4) is 78.6 Å². The SMILES string of the molecule is [2H]c1cc(-c2ccc(C(C(C)(C)C)C(C)(C)C)cc2C([2H])([2H])[2H])cc([2H])c1-c1ccnc(-c2[c-]c(-c3cccc4c3nc(-c3cc(C(C)(C)C)cc(C(C)(C)C)c3O)n4-c3ccc(C(C)(C)C)cc3-c3ccccc3)cc(C(C)(C)C)c2)c1.[Pt]. The van der Waals surface area contributed by atoms with Gasteiger partial charge in [-0.2, -0.15) is 0 Å². The summed E-state index contributed by atoms with van der Waals surface area (Å²) in [4.78, 5) is 10.6. The summed E-state index contributed by atoms with van der Waals surface area (Å²) in [6.07, 6.45) is 1.72. The Labute approximate surface area is 495 Å². The number of para-hydroxylation sites is 1. The molecule has 0 amide bonds. The summed E-state index contributed by atoms with van der Waals surface area (Å²) in [7, 11) is 0. The fourth-order valence-corrected chi connectivity index (χ4v) is 11.6. The Bertz CT molecular complexity index is 3910. The molecule has 0 saturated heterocycles. The van der Waals surface area contributed by atoms with Crippen LogP contribution in [0.1, 0.15) is 171 Å². The molecule has 0 spiro atoms. The second-order valence-electron chi connectivity index (χ2n) is 28.0. The summed E-state index contributed by atoms with van der Waals surface area (Å²) in [5.41, 5.74) is 14.4. The van der Waals surface area contributed by atoms with Crippen molar-refractivity contribution >= 4 is 11.0 Å². The van der Waals surface area contributed by atoms with Gasteiger partial charge in [-0.1, -0.05) is 239 Å². The molecule has 2 aromatic heterocycles. The Balaban J connectivity index is 0.00000920. The van der Waals surface area contributed by atoms with Gasteiger partial charge in [-0.05, 0) is 126 Å². The molecule has 7 aromatic carbocycles. The maximum absolute atomic E-state index is 12.7. The fraction of sp³-hybridized carbons (Fsp3) is 0.351. The molecule has 9 aromatic rings. The fourth-order valence-electron chi connectivity index (χ4n) is 11.6. The maximum Gasteiger partial charge on any atom is 0.148 e. The van der Waals surface area contributed by atoms with Crippen molar-refractivity contribution in [3.63, 3.8) is 0 Å². The van der Waals surface area contributed by atoms with Gasteiger partial charge in [0, 0.05) is 48.2 Å². The zero-order chi connectivity index (χ0) is 60.9. The largest absolute Gasteiger partial charge is 0.507 e. The van der Waals surface area contributed by atoms with E-state index < -0.39 is 6.85 Å². The summed E-state index contributed by atoms with van der Waals surface area (Å²) in [5.74, 6) is 0.889. The van der Waals surface area contributed by atoms with Gasteiger partial charge in [0.2, 0.25) is 0 Å². The number of aromatic hydroxyl groups is 1. The van der Waals surface area contributed by atoms with Gasteiger partial charge in [0.25, 0.3) is 0 Å². The minimum absolute atomic E-state index is 0. The maximum atomic E-state index is 12.7. The van der Waals surface area contributed by atoms with E-state index >= 15 is 0 Å². The number of rotatable bonds is 8. The first-order valence-electron chi connectivity index (χ1n) is 30.2. The van der Waals surface area contributed by atoms with E-state index in [9.17, 15) is 7.85 Å². The number of hydrogen-bond donors (Lipinski definition) is 1. The quantitative estimate of drug-likeness (QED) is 0.154. The molecule has 2 heterocycles. The summed E-state index contributed by atoms with van der Waals surface area (Å²) < 4.78 is 47.2. The number of fused-ring (bicyclic) bond motifs is 1. The van der Waals surface area contributed by atoms with Gasteiger partial charge >= 0.3 is 0 Å². The molecular weight excluding hydrogens is 1140 g/mol. The van der Waals surface area contributed by atoms with Crippen LogP contribution in [0.5, 0.6) is 5.75 Å². The Morgan fingerprint density at radius 2 is 1.13 bits per heavy atom. The van der Waals surface area contributed by atoms with Crippen molar-refractivity contribution in [2.45, 2.75) is 159 Å². The third kappa shape index (κ3) is 12.1. The van der Waals surface area contributed by atoms with Crippen LogP contribution in [-0.4, -0.2) is 19.6 Å². The van der Waals surface area contributed by atoms with Gasteiger partial charge in [0.15, 0.2) is 0 Å². The second-order valence-corrected chi connectivity index (χ2v) is 28.0. The number of phenols is 1. The molecule has 5 heteroatoms. The van der Waals surface area contributed by atoms with E-state index in [0.717, 1.165) is 66.8 Å². The molecule has 0 unspecified atom stereocenters. The van der Waals surface area contributed by atoms with Gasteiger partial charge < -0.3 is 5.11 Å². The standard InChI is InChI=1S/C74H84N3O.Pt/c1-46-38-51(67(73(14,15)16)74(17,18)19)32-34-57(46)49-30-28-47(29-31-49)50-36-37-75-62(42-50)53-39-52(40-55(41-53)70(5,6)7)58-26-23-27-64-65(58)76-68(60-44-56(71(8,9)10)45-61(66(60)78)72(11,12)13)77(64)63-35-33-54(69(2,3)4)43-59(63)48-24-21-20-22-25-48;/h20-38,40-45,67,78H,1-19H3;/q-1;/i1D3,28D,29D;. The van der Waals surface area contributed by atoms with E-state index in [1.54, 1.807) is 18.3 Å². The average Bonchev–Trinajstić information content (AvgIpc) is 1.62. The van der Waals surface area contributed by atoms with E-state index in [2.05, 4.69) is 220 Å². The number of phenolic OH excluding ortho intramolecular Hbond substituents is 1. The number of aryl methyl sites for hydroxylation is 1. The van der Waals surface area contributed by atoms with Gasteiger partial charge in [-0.25, -0.2) is 4.98 Å². The molecule has 0 aliphatic rings. The minimum atomic E-state index is -2.43. The third-order valence-electron chi connectivity index (χ3n) is 15.4. The van der Waals surface area contributed by atoms with Crippen LogP contribution in [0.25, 0.3) is 83.9 Å². The van der Waals surface area contributed by atoms with Crippen LogP contribution in [0.3, 0.4) is 0 Å². The molecule has 9 rings (SSSR count). The van der Waals surface area contributed by atoms with Crippen LogP contribution in [0.2, 0.25) is 0 Å². The zero-order valence-electron chi connectivity index (χ0n) is 55.0. The normalized spacial score (nSPS) is 13.9. The predicted octanol–water partition coefficient (Wildman–Crippen LogP) is 20.6. The van der Waals surface area contributed by atoms with Crippen molar-refractivity contribution in [3.05, 3.63) is 191 Å². The molecule has 412 valence electrons. The van der Waals surface area contributed by atoms with Gasteiger partial charge in [0.1, 0.15) is 11.6 Å². The third-order valence-corrected chi connectivity index (χ3v) is 15.4. The topological polar surface area (TPSA) is 50.9 Å². The van der Waals surface area contributed by atoms with Crippen molar-refractivity contribution < 1.29 is 33.0 Å². The van der Waals surface area contributed by atoms with E-state index in [0.29, 0.717) is 39.3 Å². The molecule has 4 nitrogen and oxygen atoms in total. The molecule has 0 atom stereocenters. The van der Waals surface area contributed by atoms with Crippen molar-refractivity contribution in [1.29, 1.82) is 0 Å². The summed E-state index contributed by atoms with van der Waals surface area (Å²) in [6, 6.07) is 49.0. The van der Waals surface area contributed by atoms with Gasteiger partial charge in [-0.3, -0.25) is 9.55 Å². The number of imidazole rings is 1. The molecule has 0 fully saturated rings. The molecular formula is C74H84N3OPt-. The molecule has 0 saturated carbocycles. The van der Waals surface area contributed by atoms with E-state index in [1.807, 2.05) is 36.4 Å². The summed E-state index contributed by atoms with van der Waals surface area (Å²) >= 11 is 0.